The molecule has 1 heterocycles. The van der Waals surface area contributed by atoms with E-state index >= 15 is 0 Å². The van der Waals surface area contributed by atoms with Gasteiger partial charge in [0.1, 0.15) is 5.82 Å². The van der Waals surface area contributed by atoms with Gasteiger partial charge in [0, 0.05) is 17.8 Å². The predicted molar refractivity (Wildman–Crippen MR) is 216 cm³/mol. The number of nitrogens with zero attached hydrogens (tertiary/aromatic N) is 2. The summed E-state index contributed by atoms with van der Waals surface area (Å²) in [6.07, 6.45) is 51.7. The third-order valence-corrected chi connectivity index (χ3v) is 10.7. The van der Waals surface area contributed by atoms with E-state index in [0.717, 1.165) is 31.5 Å². The smallest absolute Gasteiger partial charge is 0.128 e. The van der Waals surface area contributed by atoms with E-state index in [1.165, 1.54) is 230 Å². The lowest BCUT2D eigenvalue weighted by Gasteiger charge is -2.16. The largest absolute Gasteiger partial charge is 0.238 e. The molecule has 2 nitrogen and oxygen atoms in total. The van der Waals surface area contributed by atoms with Gasteiger partial charge in [-0.2, -0.15) is 0 Å². The zero-order valence-corrected chi connectivity index (χ0v) is 33.5. The highest BCUT2D eigenvalue weighted by Gasteiger charge is 2.14. The van der Waals surface area contributed by atoms with Crippen molar-refractivity contribution in [1.82, 2.24) is 9.97 Å². The van der Waals surface area contributed by atoms with E-state index in [2.05, 4.69) is 27.7 Å². The molecule has 0 N–H and O–H groups in total. The number of unbranched alkanes of at least 4 members (excludes halogenated alkanes) is 30. The van der Waals surface area contributed by atoms with Crippen molar-refractivity contribution in [2.24, 2.45) is 0 Å². The van der Waals surface area contributed by atoms with Crippen molar-refractivity contribution in [3.63, 3.8) is 0 Å². The molecule has 48 heavy (non-hydrogen) atoms. The lowest BCUT2D eigenvalue weighted by Crippen LogP contribution is -2.11. The summed E-state index contributed by atoms with van der Waals surface area (Å²) in [5.74, 6) is 1.07. The van der Waals surface area contributed by atoms with Crippen LogP contribution in [0.15, 0.2) is 0 Å². The van der Waals surface area contributed by atoms with E-state index in [1.807, 2.05) is 0 Å². The molecule has 1 aromatic heterocycles. The van der Waals surface area contributed by atoms with Gasteiger partial charge in [0.2, 0.25) is 0 Å². The third kappa shape index (κ3) is 26.9. The van der Waals surface area contributed by atoms with E-state index in [0.29, 0.717) is 0 Å². The molecule has 0 aliphatic heterocycles. The minimum Gasteiger partial charge on any atom is -0.238 e. The summed E-state index contributed by atoms with van der Waals surface area (Å²) in [7, 11) is 0. The van der Waals surface area contributed by atoms with E-state index < -0.39 is 0 Å². The summed E-state index contributed by atoms with van der Waals surface area (Å²) in [4.78, 5) is 10.5. The first-order valence-electron chi connectivity index (χ1n) is 22.4. The Morgan fingerprint density at radius 2 is 0.562 bits per heavy atom. The first kappa shape index (κ1) is 45.1. The maximum Gasteiger partial charge on any atom is 0.128 e. The van der Waals surface area contributed by atoms with Crippen LogP contribution in [0.2, 0.25) is 0 Å². The van der Waals surface area contributed by atoms with E-state index in [1.54, 1.807) is 5.56 Å². The van der Waals surface area contributed by atoms with Gasteiger partial charge in [-0.15, -0.1) is 0 Å². The average molecular weight is 668 g/mol. The topological polar surface area (TPSA) is 25.8 Å². The highest BCUT2D eigenvalue weighted by molar-refractivity contribution is 5.27. The standard InChI is InChI=1S/C46H87N2/c1-5-9-12-15-18-21-24-27-30-33-36-40-43-44(41-37-34-31-28-25-22-19-16-13-10-6-2)47-46(39-8-4)48-45(43)42-38-35-32-29-26-23-20-17-14-11-7-3/h4-42H2,1-3H3. The average Bonchev–Trinajstić information content (AvgIpc) is 3.09. The SMILES string of the molecule is [CH2]CCc1nc(CCCCCCCCCCCCC)c(CCCCCCCCCCCCC)c(CCCCCCCCCCCCC)n1. The molecular formula is C46H87N2. The molecule has 0 aromatic carbocycles. The van der Waals surface area contributed by atoms with Crippen molar-refractivity contribution in [1.29, 1.82) is 0 Å². The van der Waals surface area contributed by atoms with Crippen LogP contribution in [-0.2, 0) is 25.7 Å². The molecule has 281 valence electrons. The van der Waals surface area contributed by atoms with Gasteiger partial charge in [-0.3, -0.25) is 0 Å². The molecule has 0 atom stereocenters. The highest BCUT2D eigenvalue weighted by atomic mass is 14.9. The summed E-state index contributed by atoms with van der Waals surface area (Å²) in [5.41, 5.74) is 4.38. The Kier molecular flexibility index (Phi) is 33.7. The number of aryl methyl sites for hydroxylation is 3. The summed E-state index contributed by atoms with van der Waals surface area (Å²) in [6, 6.07) is 0. The van der Waals surface area contributed by atoms with E-state index in [4.69, 9.17) is 9.97 Å². The van der Waals surface area contributed by atoms with Crippen molar-refractivity contribution in [2.75, 3.05) is 0 Å². The maximum absolute atomic E-state index is 5.23. The van der Waals surface area contributed by atoms with Crippen LogP contribution < -0.4 is 0 Å². The quantitative estimate of drug-likeness (QED) is 0.0656. The van der Waals surface area contributed by atoms with Gasteiger partial charge in [-0.25, -0.2) is 9.97 Å². The van der Waals surface area contributed by atoms with Gasteiger partial charge in [-0.1, -0.05) is 220 Å². The fraction of sp³-hybridized carbons (Fsp3) is 0.891. The molecule has 1 rings (SSSR count). The molecule has 0 saturated carbocycles. The molecule has 0 aliphatic carbocycles. The molecule has 0 fully saturated rings. The van der Waals surface area contributed by atoms with Gasteiger partial charge in [-0.05, 0) is 50.5 Å². The minimum atomic E-state index is 0.897. The minimum absolute atomic E-state index is 0.897. The van der Waals surface area contributed by atoms with Crippen LogP contribution in [0.1, 0.15) is 262 Å². The molecule has 0 spiro atoms. The molecule has 0 aliphatic rings. The number of aromatic nitrogens is 2. The van der Waals surface area contributed by atoms with Gasteiger partial charge < -0.3 is 0 Å². The zero-order valence-electron chi connectivity index (χ0n) is 33.5. The first-order valence-corrected chi connectivity index (χ1v) is 22.4. The van der Waals surface area contributed by atoms with Crippen molar-refractivity contribution < 1.29 is 0 Å². The van der Waals surface area contributed by atoms with Gasteiger partial charge >= 0.3 is 0 Å². The molecular weight excluding hydrogens is 581 g/mol. The molecule has 2 heteroatoms. The van der Waals surface area contributed by atoms with Crippen LogP contribution in [0.25, 0.3) is 0 Å². The summed E-state index contributed by atoms with van der Waals surface area (Å²) in [6.45, 7) is 11.1. The maximum atomic E-state index is 5.23. The Morgan fingerprint density at radius 3 is 0.833 bits per heavy atom. The Morgan fingerprint density at radius 1 is 0.312 bits per heavy atom. The van der Waals surface area contributed by atoms with Crippen molar-refractivity contribution >= 4 is 0 Å². The lowest BCUT2D eigenvalue weighted by atomic mass is 9.96. The van der Waals surface area contributed by atoms with Crippen LogP contribution in [0.4, 0.5) is 0 Å². The second-order valence-electron chi connectivity index (χ2n) is 15.5. The third-order valence-electron chi connectivity index (χ3n) is 10.7. The first-order chi connectivity index (χ1) is 23.8. The Bertz CT molecular complexity index is 739. The van der Waals surface area contributed by atoms with Crippen LogP contribution >= 0.6 is 0 Å². The second-order valence-corrected chi connectivity index (χ2v) is 15.5. The second kappa shape index (κ2) is 35.9. The lowest BCUT2D eigenvalue weighted by molar-refractivity contribution is 0.542. The van der Waals surface area contributed by atoms with Crippen LogP contribution in [-0.4, -0.2) is 9.97 Å². The van der Waals surface area contributed by atoms with Crippen molar-refractivity contribution in [3.8, 4) is 0 Å². The van der Waals surface area contributed by atoms with E-state index in [-0.39, 0.29) is 0 Å². The van der Waals surface area contributed by atoms with Crippen molar-refractivity contribution in [2.45, 2.75) is 265 Å². The predicted octanol–water partition coefficient (Wildman–Crippen LogP) is 15.8. The highest BCUT2D eigenvalue weighted by Crippen LogP contribution is 2.23. The molecule has 1 radical (unpaired) electrons. The normalized spacial score (nSPS) is 11.6. The summed E-state index contributed by atoms with van der Waals surface area (Å²) < 4.78 is 0. The zero-order chi connectivity index (χ0) is 34.6. The monoisotopic (exact) mass is 668 g/mol. The number of hydrogen-bond acceptors (Lipinski definition) is 2. The van der Waals surface area contributed by atoms with Crippen LogP contribution in [0.5, 0.6) is 0 Å². The molecule has 0 amide bonds. The molecule has 1 aromatic rings. The van der Waals surface area contributed by atoms with Gasteiger partial charge in [0.05, 0.1) is 0 Å². The molecule has 0 bridgehead atoms. The van der Waals surface area contributed by atoms with Gasteiger partial charge in [0.15, 0.2) is 0 Å². The number of hydrogen-bond donors (Lipinski definition) is 0. The van der Waals surface area contributed by atoms with Crippen molar-refractivity contribution in [3.05, 3.63) is 29.7 Å². The van der Waals surface area contributed by atoms with Crippen LogP contribution in [0, 0.1) is 6.92 Å². The summed E-state index contributed by atoms with van der Waals surface area (Å²) in [5, 5.41) is 0. The Hall–Kier alpha value is -0.920. The molecule has 0 unspecified atom stereocenters. The van der Waals surface area contributed by atoms with Crippen LogP contribution in [0.3, 0.4) is 0 Å². The van der Waals surface area contributed by atoms with Gasteiger partial charge in [0.25, 0.3) is 0 Å². The van der Waals surface area contributed by atoms with E-state index in [9.17, 15) is 0 Å². The Labute approximate surface area is 303 Å². The summed E-state index contributed by atoms with van der Waals surface area (Å²) >= 11 is 0. The number of rotatable bonds is 38. The Balaban J connectivity index is 2.59. The fourth-order valence-corrected chi connectivity index (χ4v) is 7.49. The fourth-order valence-electron chi connectivity index (χ4n) is 7.49. The molecule has 0 saturated heterocycles.